The van der Waals surface area contributed by atoms with Gasteiger partial charge in [0, 0.05) is 5.56 Å². The minimum absolute atomic E-state index is 0.143. The Kier molecular flexibility index (Phi) is 3.94. The molecule has 1 aromatic carbocycles. The lowest BCUT2D eigenvalue weighted by Crippen LogP contribution is -2.32. The van der Waals surface area contributed by atoms with Crippen LogP contribution >= 0.6 is 0 Å². The average Bonchev–Trinajstić information content (AvgIpc) is 2.82. The smallest absolute Gasteiger partial charge is 0.251 e. The third kappa shape index (κ3) is 3.19. The number of carbonyl (C=O) groups excluding carboxylic acids is 1. The highest BCUT2D eigenvalue weighted by Gasteiger charge is 2.24. The summed E-state index contributed by atoms with van der Waals surface area (Å²) in [5.41, 5.74) is 0.615. The first-order chi connectivity index (χ1) is 9.08. The fourth-order valence-corrected chi connectivity index (χ4v) is 1.77. The lowest BCUT2D eigenvalue weighted by atomic mass is 10.0. The number of aromatic nitrogens is 2. The van der Waals surface area contributed by atoms with Crippen molar-refractivity contribution in [3.8, 4) is 0 Å². The predicted molar refractivity (Wildman–Crippen MR) is 70.5 cm³/mol. The molecular weight excluding hydrogens is 242 g/mol. The number of amides is 1. The molecule has 1 N–H and O–H groups in total. The monoisotopic (exact) mass is 259 g/mol. The first kappa shape index (κ1) is 13.3. The number of aryl methyl sites for hydroxylation is 1. The summed E-state index contributed by atoms with van der Waals surface area (Å²) in [7, 11) is 0. The van der Waals surface area contributed by atoms with Gasteiger partial charge in [-0.2, -0.15) is 4.98 Å². The van der Waals surface area contributed by atoms with Crippen LogP contribution in [0.3, 0.4) is 0 Å². The number of carbonyl (C=O) groups is 1. The normalized spacial score (nSPS) is 12.4. The first-order valence-electron chi connectivity index (χ1n) is 6.24. The molecule has 0 aliphatic carbocycles. The van der Waals surface area contributed by atoms with E-state index >= 15 is 0 Å². The van der Waals surface area contributed by atoms with Crippen molar-refractivity contribution in [3.05, 3.63) is 47.6 Å². The van der Waals surface area contributed by atoms with Crippen LogP contribution in [-0.2, 0) is 0 Å². The number of nitrogens with zero attached hydrogens (tertiary/aromatic N) is 2. The first-order valence-corrected chi connectivity index (χ1v) is 6.24. The standard InChI is InChI=1S/C14H17N3O2/c1-9(2)12(14-15-10(3)17-19-14)16-13(18)11-7-5-4-6-8-11/h4-9,12H,1-3H3,(H,16,18)/t12-/m1/s1. The van der Waals surface area contributed by atoms with Crippen LogP contribution in [0, 0.1) is 12.8 Å². The van der Waals surface area contributed by atoms with E-state index in [1.54, 1.807) is 19.1 Å². The van der Waals surface area contributed by atoms with Crippen molar-refractivity contribution in [2.24, 2.45) is 5.92 Å². The fourth-order valence-electron chi connectivity index (χ4n) is 1.77. The highest BCUT2D eigenvalue weighted by atomic mass is 16.5. The summed E-state index contributed by atoms with van der Waals surface area (Å²) in [6.07, 6.45) is 0. The molecule has 5 nitrogen and oxygen atoms in total. The zero-order chi connectivity index (χ0) is 13.8. The van der Waals surface area contributed by atoms with Crippen LogP contribution < -0.4 is 5.32 Å². The van der Waals surface area contributed by atoms with Crippen LogP contribution in [0.25, 0.3) is 0 Å². The Bertz CT molecular complexity index is 549. The zero-order valence-electron chi connectivity index (χ0n) is 11.3. The highest BCUT2D eigenvalue weighted by Crippen LogP contribution is 2.20. The topological polar surface area (TPSA) is 68.0 Å². The Morgan fingerprint density at radius 1 is 1.26 bits per heavy atom. The molecule has 5 heteroatoms. The van der Waals surface area contributed by atoms with Crippen molar-refractivity contribution in [1.29, 1.82) is 0 Å². The molecule has 1 amide bonds. The lowest BCUT2D eigenvalue weighted by molar-refractivity contribution is 0.0914. The largest absolute Gasteiger partial charge is 0.340 e. The molecule has 0 fully saturated rings. The molecule has 0 saturated heterocycles. The third-order valence-electron chi connectivity index (χ3n) is 2.80. The van der Waals surface area contributed by atoms with E-state index in [2.05, 4.69) is 15.5 Å². The second kappa shape index (κ2) is 5.65. The molecule has 0 radical (unpaired) electrons. The van der Waals surface area contributed by atoms with Gasteiger partial charge in [0.1, 0.15) is 6.04 Å². The predicted octanol–water partition coefficient (Wildman–Crippen LogP) is 2.51. The van der Waals surface area contributed by atoms with Gasteiger partial charge in [0.25, 0.3) is 5.91 Å². The summed E-state index contributed by atoms with van der Waals surface area (Å²) in [6, 6.07) is 8.79. The quantitative estimate of drug-likeness (QED) is 0.916. The molecule has 2 aromatic rings. The van der Waals surface area contributed by atoms with E-state index in [0.717, 1.165) is 0 Å². The molecule has 19 heavy (non-hydrogen) atoms. The highest BCUT2D eigenvalue weighted by molar-refractivity contribution is 5.94. The maximum absolute atomic E-state index is 12.1. The van der Waals surface area contributed by atoms with Gasteiger partial charge in [-0.1, -0.05) is 37.2 Å². The van der Waals surface area contributed by atoms with Crippen molar-refractivity contribution in [3.63, 3.8) is 0 Å². The van der Waals surface area contributed by atoms with Crippen LogP contribution in [0.4, 0.5) is 0 Å². The van der Waals surface area contributed by atoms with Gasteiger partial charge in [0.15, 0.2) is 5.82 Å². The summed E-state index contributed by atoms with van der Waals surface area (Å²) in [4.78, 5) is 16.3. The van der Waals surface area contributed by atoms with E-state index in [4.69, 9.17) is 4.52 Å². The number of benzene rings is 1. The Balaban J connectivity index is 2.16. The van der Waals surface area contributed by atoms with Crippen molar-refractivity contribution in [2.45, 2.75) is 26.8 Å². The summed E-state index contributed by atoms with van der Waals surface area (Å²) in [5, 5.41) is 6.69. The molecule has 0 aliphatic rings. The van der Waals surface area contributed by atoms with Crippen LogP contribution in [0.15, 0.2) is 34.9 Å². The average molecular weight is 259 g/mol. The molecular formula is C14H17N3O2. The number of rotatable bonds is 4. The molecule has 0 aliphatic heterocycles. The zero-order valence-corrected chi connectivity index (χ0v) is 11.3. The van der Waals surface area contributed by atoms with Gasteiger partial charge in [-0.15, -0.1) is 0 Å². The summed E-state index contributed by atoms with van der Waals surface area (Å²) in [6.45, 7) is 5.74. The maximum atomic E-state index is 12.1. The number of hydrogen-bond donors (Lipinski definition) is 1. The van der Waals surface area contributed by atoms with E-state index in [9.17, 15) is 4.79 Å². The van der Waals surface area contributed by atoms with E-state index in [1.807, 2.05) is 32.0 Å². The Morgan fingerprint density at radius 3 is 2.47 bits per heavy atom. The Hall–Kier alpha value is -2.17. The molecule has 0 spiro atoms. The van der Waals surface area contributed by atoms with Gasteiger partial charge < -0.3 is 9.84 Å². The van der Waals surface area contributed by atoms with Gasteiger partial charge in [0.2, 0.25) is 5.89 Å². The summed E-state index contributed by atoms with van der Waals surface area (Å²) in [5.74, 6) is 1.02. The molecule has 0 saturated carbocycles. The Morgan fingerprint density at radius 2 is 1.95 bits per heavy atom. The van der Waals surface area contributed by atoms with Crippen molar-refractivity contribution in [1.82, 2.24) is 15.5 Å². The third-order valence-corrected chi connectivity index (χ3v) is 2.80. The lowest BCUT2D eigenvalue weighted by Gasteiger charge is -2.18. The van der Waals surface area contributed by atoms with Crippen molar-refractivity contribution >= 4 is 5.91 Å². The van der Waals surface area contributed by atoms with E-state index in [1.165, 1.54) is 0 Å². The molecule has 0 bridgehead atoms. The molecule has 2 rings (SSSR count). The van der Waals surface area contributed by atoms with E-state index in [0.29, 0.717) is 17.3 Å². The van der Waals surface area contributed by atoms with Crippen LogP contribution in [0.2, 0.25) is 0 Å². The van der Waals surface area contributed by atoms with Crippen molar-refractivity contribution in [2.75, 3.05) is 0 Å². The van der Waals surface area contributed by atoms with Crippen LogP contribution in [-0.4, -0.2) is 16.0 Å². The van der Waals surface area contributed by atoms with E-state index in [-0.39, 0.29) is 17.9 Å². The second-order valence-electron chi connectivity index (χ2n) is 4.74. The molecule has 1 aromatic heterocycles. The minimum Gasteiger partial charge on any atom is -0.340 e. The number of hydrogen-bond acceptors (Lipinski definition) is 4. The van der Waals surface area contributed by atoms with Crippen molar-refractivity contribution < 1.29 is 9.32 Å². The second-order valence-corrected chi connectivity index (χ2v) is 4.74. The maximum Gasteiger partial charge on any atom is 0.251 e. The van der Waals surface area contributed by atoms with E-state index < -0.39 is 0 Å². The van der Waals surface area contributed by atoms with Gasteiger partial charge >= 0.3 is 0 Å². The van der Waals surface area contributed by atoms with Crippen LogP contribution in [0.5, 0.6) is 0 Å². The number of nitrogens with one attached hydrogen (secondary N) is 1. The molecule has 1 atom stereocenters. The molecule has 100 valence electrons. The minimum atomic E-state index is -0.283. The van der Waals surface area contributed by atoms with Gasteiger partial charge in [-0.25, -0.2) is 0 Å². The Labute approximate surface area is 112 Å². The van der Waals surface area contributed by atoms with Crippen LogP contribution in [0.1, 0.15) is 42.0 Å². The van der Waals surface area contributed by atoms with Gasteiger partial charge in [0.05, 0.1) is 0 Å². The molecule has 1 heterocycles. The van der Waals surface area contributed by atoms with Gasteiger partial charge in [-0.05, 0) is 25.0 Å². The fraction of sp³-hybridized carbons (Fsp3) is 0.357. The summed E-state index contributed by atoms with van der Waals surface area (Å²) >= 11 is 0. The SMILES string of the molecule is Cc1noc([C@H](NC(=O)c2ccccc2)C(C)C)n1. The van der Waals surface area contributed by atoms with Gasteiger partial charge in [-0.3, -0.25) is 4.79 Å². The summed E-state index contributed by atoms with van der Waals surface area (Å²) < 4.78 is 5.15. The molecule has 0 unspecified atom stereocenters.